The van der Waals surface area contributed by atoms with Gasteiger partial charge in [0, 0.05) is 12.3 Å². The molecule has 2 aromatic rings. The molecule has 0 aromatic carbocycles. The largest absolute Gasteiger partial charge is 0.322 e. The third-order valence-electron chi connectivity index (χ3n) is 1.18. The van der Waals surface area contributed by atoms with Gasteiger partial charge < -0.3 is 4.98 Å². The van der Waals surface area contributed by atoms with Crippen LogP contribution in [0.4, 0.5) is 0 Å². The van der Waals surface area contributed by atoms with E-state index in [4.69, 9.17) is 0 Å². The summed E-state index contributed by atoms with van der Waals surface area (Å²) in [6.45, 7) is 0. The second-order valence-electron chi connectivity index (χ2n) is 1.99. The zero-order valence-electron chi connectivity index (χ0n) is 6.06. The van der Waals surface area contributed by atoms with Gasteiger partial charge in [-0.05, 0) is 17.8 Å². The SMILES string of the molecule is [c]1ccc(Sc2nnc[nH]2)nc1. The average molecular weight is 177 g/mol. The Kier molecular flexibility index (Phi) is 2.04. The number of nitrogens with one attached hydrogen (secondary N) is 1. The molecule has 0 atom stereocenters. The second kappa shape index (κ2) is 3.36. The number of nitrogens with zero attached hydrogens (tertiary/aromatic N) is 3. The van der Waals surface area contributed by atoms with Crippen LogP contribution in [0.25, 0.3) is 0 Å². The van der Waals surface area contributed by atoms with Gasteiger partial charge in [0.1, 0.15) is 11.4 Å². The maximum absolute atomic E-state index is 4.07. The Morgan fingerprint density at radius 2 is 2.50 bits per heavy atom. The van der Waals surface area contributed by atoms with Gasteiger partial charge in [0.25, 0.3) is 0 Å². The van der Waals surface area contributed by atoms with Gasteiger partial charge in [-0.2, -0.15) is 0 Å². The summed E-state index contributed by atoms with van der Waals surface area (Å²) in [5, 5.41) is 9.10. The molecule has 1 radical (unpaired) electrons. The van der Waals surface area contributed by atoms with Crippen LogP contribution >= 0.6 is 11.8 Å². The minimum Gasteiger partial charge on any atom is -0.322 e. The summed E-state index contributed by atoms with van der Waals surface area (Å²) in [7, 11) is 0. The third kappa shape index (κ3) is 1.62. The van der Waals surface area contributed by atoms with E-state index in [9.17, 15) is 0 Å². The van der Waals surface area contributed by atoms with E-state index in [-0.39, 0.29) is 0 Å². The lowest BCUT2D eigenvalue weighted by atomic mass is 10.5. The topological polar surface area (TPSA) is 54.5 Å². The van der Waals surface area contributed by atoms with Crippen LogP contribution in [0.2, 0.25) is 0 Å². The number of rotatable bonds is 2. The summed E-state index contributed by atoms with van der Waals surface area (Å²) < 4.78 is 0. The van der Waals surface area contributed by atoms with Crippen molar-refractivity contribution >= 4 is 11.8 Å². The highest BCUT2D eigenvalue weighted by molar-refractivity contribution is 7.99. The number of aromatic amines is 1. The van der Waals surface area contributed by atoms with Crippen molar-refractivity contribution in [1.82, 2.24) is 20.2 Å². The van der Waals surface area contributed by atoms with Gasteiger partial charge in [0.15, 0.2) is 5.16 Å². The van der Waals surface area contributed by atoms with Gasteiger partial charge in [0.05, 0.1) is 0 Å². The van der Waals surface area contributed by atoms with Gasteiger partial charge in [-0.1, -0.05) is 6.07 Å². The summed E-state index contributed by atoms with van der Waals surface area (Å²) in [5.74, 6) is 0. The lowest BCUT2D eigenvalue weighted by Crippen LogP contribution is -1.79. The third-order valence-corrected chi connectivity index (χ3v) is 2.03. The summed E-state index contributed by atoms with van der Waals surface area (Å²) in [6, 6.07) is 6.52. The highest BCUT2D eigenvalue weighted by Gasteiger charge is 1.98. The highest BCUT2D eigenvalue weighted by atomic mass is 32.2. The molecule has 0 aliphatic carbocycles. The molecule has 0 saturated heterocycles. The van der Waals surface area contributed by atoms with Crippen molar-refractivity contribution < 1.29 is 0 Å². The normalized spacial score (nSPS) is 10.0. The first-order valence-electron chi connectivity index (χ1n) is 3.31. The number of aromatic nitrogens is 4. The fraction of sp³-hybridized carbons (Fsp3) is 0. The van der Waals surface area contributed by atoms with Crippen LogP contribution in [-0.2, 0) is 0 Å². The maximum Gasteiger partial charge on any atom is 0.194 e. The minimum absolute atomic E-state index is 0.744. The van der Waals surface area contributed by atoms with Crippen LogP contribution in [0, 0.1) is 6.07 Å². The first-order valence-corrected chi connectivity index (χ1v) is 4.13. The molecule has 4 nitrogen and oxygen atoms in total. The van der Waals surface area contributed by atoms with Crippen LogP contribution in [0.15, 0.2) is 34.8 Å². The molecule has 1 N–H and O–H groups in total. The predicted octanol–water partition coefficient (Wildman–Crippen LogP) is 1.15. The van der Waals surface area contributed by atoms with Crippen LogP contribution in [-0.4, -0.2) is 20.2 Å². The molecule has 0 fully saturated rings. The van der Waals surface area contributed by atoms with Crippen molar-refractivity contribution in [2.75, 3.05) is 0 Å². The smallest absolute Gasteiger partial charge is 0.194 e. The van der Waals surface area contributed by atoms with Crippen molar-refractivity contribution in [3.63, 3.8) is 0 Å². The molecule has 59 valence electrons. The quantitative estimate of drug-likeness (QED) is 0.747. The summed E-state index contributed by atoms with van der Waals surface area (Å²) in [5.41, 5.74) is 0. The summed E-state index contributed by atoms with van der Waals surface area (Å²) in [6.07, 6.45) is 3.16. The molecule has 2 rings (SSSR count). The lowest BCUT2D eigenvalue weighted by molar-refractivity contribution is 0.967. The zero-order chi connectivity index (χ0) is 8.23. The molecule has 12 heavy (non-hydrogen) atoms. The van der Waals surface area contributed by atoms with Gasteiger partial charge in [-0.25, -0.2) is 4.98 Å². The van der Waals surface area contributed by atoms with Gasteiger partial charge in [-0.15, -0.1) is 10.2 Å². The molecule has 5 heteroatoms. The molecule has 2 heterocycles. The Balaban J connectivity index is 2.15. The molecule has 2 aromatic heterocycles. The Hall–Kier alpha value is -1.36. The van der Waals surface area contributed by atoms with E-state index in [1.54, 1.807) is 6.20 Å². The van der Waals surface area contributed by atoms with Crippen LogP contribution in [0.3, 0.4) is 0 Å². The van der Waals surface area contributed by atoms with E-state index in [1.165, 1.54) is 18.1 Å². The molecule has 0 aliphatic heterocycles. The second-order valence-corrected chi connectivity index (χ2v) is 3.00. The van der Waals surface area contributed by atoms with Crippen molar-refractivity contribution in [3.05, 3.63) is 30.7 Å². The molecule has 0 saturated carbocycles. The van der Waals surface area contributed by atoms with E-state index in [0.29, 0.717) is 0 Å². The Morgan fingerprint density at radius 1 is 1.50 bits per heavy atom. The molecular formula is C7H5N4S. The molecule has 0 unspecified atom stereocenters. The minimum atomic E-state index is 0.744. The first-order chi connectivity index (χ1) is 5.95. The number of hydrogen-bond donors (Lipinski definition) is 1. The predicted molar refractivity (Wildman–Crippen MR) is 43.6 cm³/mol. The number of pyridine rings is 1. The van der Waals surface area contributed by atoms with E-state index in [2.05, 4.69) is 26.2 Å². The van der Waals surface area contributed by atoms with Gasteiger partial charge in [-0.3, -0.25) is 0 Å². The van der Waals surface area contributed by atoms with Crippen LogP contribution in [0.5, 0.6) is 0 Å². The van der Waals surface area contributed by atoms with Crippen molar-refractivity contribution in [2.45, 2.75) is 10.2 Å². The maximum atomic E-state index is 4.07. The molecule has 0 bridgehead atoms. The molecule has 0 aliphatic rings. The zero-order valence-corrected chi connectivity index (χ0v) is 6.88. The monoisotopic (exact) mass is 177 g/mol. The highest BCUT2D eigenvalue weighted by Crippen LogP contribution is 2.20. The van der Waals surface area contributed by atoms with Crippen molar-refractivity contribution in [1.29, 1.82) is 0 Å². The van der Waals surface area contributed by atoms with Crippen molar-refractivity contribution in [3.8, 4) is 0 Å². The lowest BCUT2D eigenvalue weighted by Gasteiger charge is -1.92. The van der Waals surface area contributed by atoms with E-state index in [0.717, 1.165) is 10.2 Å². The summed E-state index contributed by atoms with van der Waals surface area (Å²) >= 11 is 1.43. The standard InChI is InChI=1S/C7H5N4S/c1-2-4-8-6(3-1)12-7-9-5-10-11-7/h1,3-5H,(H,9,10,11). The number of H-pyrrole nitrogens is 1. The Morgan fingerprint density at radius 3 is 3.17 bits per heavy atom. The fourth-order valence-electron chi connectivity index (χ4n) is 0.710. The van der Waals surface area contributed by atoms with Crippen LogP contribution < -0.4 is 0 Å². The molecule has 0 amide bonds. The van der Waals surface area contributed by atoms with E-state index >= 15 is 0 Å². The molecular weight excluding hydrogens is 172 g/mol. The van der Waals surface area contributed by atoms with Gasteiger partial charge in [0.2, 0.25) is 0 Å². The average Bonchev–Trinajstić information content (AvgIpc) is 2.59. The van der Waals surface area contributed by atoms with Crippen molar-refractivity contribution in [2.24, 2.45) is 0 Å². The summed E-state index contributed by atoms with van der Waals surface area (Å²) in [4.78, 5) is 6.95. The molecule has 0 spiro atoms. The fourth-order valence-corrected chi connectivity index (χ4v) is 1.35. The Labute approximate surface area is 73.4 Å². The Bertz CT molecular complexity index is 332. The number of hydrogen-bond acceptors (Lipinski definition) is 4. The van der Waals surface area contributed by atoms with Crippen LogP contribution in [0.1, 0.15) is 0 Å². The first kappa shape index (κ1) is 7.30. The van der Waals surface area contributed by atoms with E-state index < -0.39 is 0 Å². The van der Waals surface area contributed by atoms with E-state index in [1.807, 2.05) is 12.1 Å². The van der Waals surface area contributed by atoms with Gasteiger partial charge >= 0.3 is 0 Å².